The maximum atomic E-state index is 14.0. The van der Waals surface area contributed by atoms with Gasteiger partial charge in [0.05, 0.1) is 17.5 Å². The second kappa shape index (κ2) is 14.9. The number of alkyl carbamates (subject to hydrolysis) is 1. The van der Waals surface area contributed by atoms with E-state index in [-0.39, 0.29) is 24.0 Å². The van der Waals surface area contributed by atoms with Gasteiger partial charge in [0.1, 0.15) is 23.4 Å². The zero-order valence-corrected chi connectivity index (χ0v) is 27.5. The number of aromatic nitrogens is 3. The average molecular weight is 649 g/mol. The molecule has 3 amide bonds. The highest BCUT2D eigenvalue weighted by Crippen LogP contribution is 2.30. The maximum Gasteiger partial charge on any atom is 0.408 e. The van der Waals surface area contributed by atoms with Gasteiger partial charge >= 0.3 is 6.09 Å². The van der Waals surface area contributed by atoms with Gasteiger partial charge in [0.15, 0.2) is 0 Å². The minimum absolute atomic E-state index is 0.134. The first-order chi connectivity index (χ1) is 23.0. The van der Waals surface area contributed by atoms with Gasteiger partial charge in [-0.25, -0.2) is 4.79 Å². The second-order valence-electron chi connectivity index (χ2n) is 12.8. The molecule has 11 nitrogen and oxygen atoms in total. The number of H-pyrrole nitrogens is 1. The van der Waals surface area contributed by atoms with E-state index in [1.165, 1.54) is 0 Å². The van der Waals surface area contributed by atoms with E-state index in [0.717, 1.165) is 29.5 Å². The molecule has 1 saturated heterocycles. The van der Waals surface area contributed by atoms with Crippen LogP contribution in [0.4, 0.5) is 10.5 Å². The van der Waals surface area contributed by atoms with Crippen LogP contribution >= 0.6 is 0 Å². The first-order valence-electron chi connectivity index (χ1n) is 15.9. The number of aromatic hydroxyl groups is 1. The van der Waals surface area contributed by atoms with Gasteiger partial charge in [0.25, 0.3) is 0 Å². The fourth-order valence-corrected chi connectivity index (χ4v) is 5.51. The van der Waals surface area contributed by atoms with Crippen LogP contribution in [0.3, 0.4) is 0 Å². The molecule has 1 unspecified atom stereocenters. The summed E-state index contributed by atoms with van der Waals surface area (Å²) in [4.78, 5) is 46.0. The van der Waals surface area contributed by atoms with E-state index in [2.05, 4.69) is 37.7 Å². The summed E-state index contributed by atoms with van der Waals surface area (Å²) >= 11 is 0. The quantitative estimate of drug-likeness (QED) is 0.198. The van der Waals surface area contributed by atoms with E-state index in [1.54, 1.807) is 80.7 Å². The molecule has 0 aliphatic carbocycles. The van der Waals surface area contributed by atoms with Gasteiger partial charge in [0, 0.05) is 42.2 Å². The lowest BCUT2D eigenvalue weighted by Crippen LogP contribution is -2.57. The highest BCUT2D eigenvalue weighted by atomic mass is 16.6. The molecule has 5 rings (SSSR count). The van der Waals surface area contributed by atoms with Crippen molar-refractivity contribution in [3.63, 3.8) is 0 Å². The zero-order chi connectivity index (χ0) is 34.3. The van der Waals surface area contributed by atoms with E-state index in [4.69, 9.17) is 4.74 Å². The highest BCUT2D eigenvalue weighted by Gasteiger charge is 2.37. The summed E-state index contributed by atoms with van der Waals surface area (Å²) in [6.45, 7) is 7.59. The molecular formula is C37H40N6O5. The van der Waals surface area contributed by atoms with Gasteiger partial charge in [-0.3, -0.25) is 19.7 Å². The molecule has 0 saturated carbocycles. The molecule has 3 heterocycles. The summed E-state index contributed by atoms with van der Waals surface area (Å²) in [5.41, 5.74) is 4.19. The lowest BCUT2D eigenvalue weighted by Gasteiger charge is -2.37. The van der Waals surface area contributed by atoms with Crippen molar-refractivity contribution in [2.24, 2.45) is 0 Å². The van der Waals surface area contributed by atoms with Crippen LogP contribution in [-0.4, -0.2) is 67.3 Å². The van der Waals surface area contributed by atoms with Gasteiger partial charge in [-0.05, 0) is 95.0 Å². The number of nitrogens with one attached hydrogen (secondary N) is 3. The minimum atomic E-state index is -0.944. The van der Waals surface area contributed by atoms with Crippen LogP contribution in [0.1, 0.15) is 62.3 Å². The number of ether oxygens (including phenoxy) is 1. The predicted molar refractivity (Wildman–Crippen MR) is 182 cm³/mol. The molecule has 248 valence electrons. The van der Waals surface area contributed by atoms with Crippen LogP contribution in [0.15, 0.2) is 73.2 Å². The molecule has 2 atom stereocenters. The summed E-state index contributed by atoms with van der Waals surface area (Å²) < 4.78 is 5.44. The molecule has 1 aliphatic heterocycles. The van der Waals surface area contributed by atoms with Crippen molar-refractivity contribution in [2.75, 3.05) is 11.9 Å². The Morgan fingerprint density at radius 2 is 1.88 bits per heavy atom. The predicted octanol–water partition coefficient (Wildman–Crippen LogP) is 5.34. The van der Waals surface area contributed by atoms with Gasteiger partial charge in [-0.2, -0.15) is 5.10 Å². The Balaban J connectivity index is 1.28. The molecule has 0 spiro atoms. The highest BCUT2D eigenvalue weighted by molar-refractivity contribution is 5.98. The van der Waals surface area contributed by atoms with Crippen molar-refractivity contribution in [1.82, 2.24) is 25.4 Å². The topological polar surface area (TPSA) is 150 Å². The standard InChI is InChI=1S/C37H40N6O5/c1-24-10-17-32(44)29(20-24)33-27(23-39-42-33)14-11-25-12-15-28(16-13-25)40-34(45)31-9-5-6-19-43(31)35(46)30(21-26-8-7-18-38-22-26)41-36(47)48-37(2,3)4/h7-8,10,12-13,15-18,20,22-23,30-31,44H,5-6,9,19,21H2,1-4H3,(H,39,42)(H,40,45)(H,41,47)/t30-,31?/m0/s1. The summed E-state index contributed by atoms with van der Waals surface area (Å²) in [6, 6.07) is 14.4. The summed E-state index contributed by atoms with van der Waals surface area (Å²) in [5, 5.41) is 23.0. The van der Waals surface area contributed by atoms with Crippen molar-refractivity contribution < 1.29 is 24.2 Å². The van der Waals surface area contributed by atoms with Gasteiger partial charge in [-0.15, -0.1) is 0 Å². The molecule has 0 bridgehead atoms. The SMILES string of the molecule is Cc1ccc(O)c(-c2[nH]ncc2C#Cc2ccc(NC(=O)C3CCCCN3C(=O)[C@H](Cc3cccnc3)NC(=O)OC(C)(C)C)cc2)c1. The third kappa shape index (κ3) is 8.79. The van der Waals surface area contributed by atoms with Crippen LogP contribution in [-0.2, 0) is 20.7 Å². The van der Waals surface area contributed by atoms with Crippen LogP contribution in [0.25, 0.3) is 11.3 Å². The number of aromatic amines is 1. The number of likely N-dealkylation sites (tertiary alicyclic amines) is 1. The lowest BCUT2D eigenvalue weighted by molar-refractivity contribution is -0.142. The number of aryl methyl sites for hydroxylation is 1. The Kier molecular flexibility index (Phi) is 10.4. The van der Waals surface area contributed by atoms with Crippen molar-refractivity contribution >= 4 is 23.6 Å². The number of hydrogen-bond acceptors (Lipinski definition) is 7. The number of anilines is 1. The van der Waals surface area contributed by atoms with Crippen LogP contribution in [0.2, 0.25) is 0 Å². The van der Waals surface area contributed by atoms with Crippen molar-refractivity contribution in [3.05, 3.63) is 95.4 Å². The first kappa shape index (κ1) is 33.7. The monoisotopic (exact) mass is 648 g/mol. The zero-order valence-electron chi connectivity index (χ0n) is 27.5. The number of nitrogens with zero attached hydrogens (tertiary/aromatic N) is 3. The molecule has 1 fully saturated rings. The van der Waals surface area contributed by atoms with Crippen molar-refractivity contribution in [1.29, 1.82) is 0 Å². The Morgan fingerprint density at radius 1 is 1.08 bits per heavy atom. The van der Waals surface area contributed by atoms with Gasteiger partial charge in [-0.1, -0.05) is 29.5 Å². The van der Waals surface area contributed by atoms with E-state index in [9.17, 15) is 19.5 Å². The van der Waals surface area contributed by atoms with Crippen LogP contribution in [0, 0.1) is 18.8 Å². The summed E-state index contributed by atoms with van der Waals surface area (Å²) in [5.74, 6) is 5.70. The lowest BCUT2D eigenvalue weighted by atomic mass is 9.98. The molecule has 1 aliphatic rings. The molecule has 2 aromatic carbocycles. The van der Waals surface area contributed by atoms with E-state index < -0.39 is 23.8 Å². The van der Waals surface area contributed by atoms with Crippen LogP contribution in [0.5, 0.6) is 5.75 Å². The summed E-state index contributed by atoms with van der Waals surface area (Å²) in [6.07, 6.45) is 6.43. The number of carbonyl (C=O) groups is 3. The molecule has 48 heavy (non-hydrogen) atoms. The Hall–Kier alpha value is -5.63. The molecule has 4 aromatic rings. The fourth-order valence-electron chi connectivity index (χ4n) is 5.51. The van der Waals surface area contributed by atoms with Crippen molar-refractivity contribution in [2.45, 2.75) is 71.1 Å². The number of piperidine rings is 1. The minimum Gasteiger partial charge on any atom is -0.507 e. The fraction of sp³-hybridized carbons (Fsp3) is 0.324. The van der Waals surface area contributed by atoms with E-state index in [1.807, 2.05) is 25.1 Å². The number of benzene rings is 2. The third-order valence-electron chi connectivity index (χ3n) is 7.79. The molecule has 0 radical (unpaired) electrons. The second-order valence-corrected chi connectivity index (χ2v) is 12.8. The van der Waals surface area contributed by atoms with Gasteiger partial charge in [0.2, 0.25) is 11.8 Å². The van der Waals surface area contributed by atoms with Crippen molar-refractivity contribution in [3.8, 4) is 28.8 Å². The Morgan fingerprint density at radius 3 is 2.60 bits per heavy atom. The molecule has 2 aromatic heterocycles. The molecule has 4 N–H and O–H groups in total. The Labute approximate surface area is 280 Å². The summed E-state index contributed by atoms with van der Waals surface area (Å²) in [7, 11) is 0. The van der Waals surface area contributed by atoms with E-state index >= 15 is 0 Å². The number of amides is 3. The first-order valence-corrected chi connectivity index (χ1v) is 15.9. The number of carbonyl (C=O) groups excluding carboxylic acids is 3. The van der Waals surface area contributed by atoms with Crippen LogP contribution < -0.4 is 10.6 Å². The number of pyridine rings is 1. The number of rotatable bonds is 7. The Bertz CT molecular complexity index is 1820. The smallest absolute Gasteiger partial charge is 0.408 e. The molecular weight excluding hydrogens is 608 g/mol. The van der Waals surface area contributed by atoms with E-state index in [0.29, 0.717) is 35.5 Å². The largest absolute Gasteiger partial charge is 0.507 e. The number of phenolic OH excluding ortho intramolecular Hbond substituents is 1. The maximum absolute atomic E-state index is 14.0. The average Bonchev–Trinajstić information content (AvgIpc) is 3.53. The van der Waals surface area contributed by atoms with Gasteiger partial charge < -0.3 is 25.4 Å². The third-order valence-corrected chi connectivity index (χ3v) is 7.79. The normalized spacial score (nSPS) is 15.1. The number of phenols is 1. The molecule has 11 heteroatoms. The number of hydrogen-bond donors (Lipinski definition) is 4.